The van der Waals surface area contributed by atoms with Crippen LogP contribution in [0.4, 0.5) is 0 Å². The number of rotatable bonds is 7. The summed E-state index contributed by atoms with van der Waals surface area (Å²) in [5, 5.41) is 5.02. The van der Waals surface area contributed by atoms with Crippen LogP contribution < -0.4 is 5.56 Å². The molecule has 0 bridgehead atoms. The fourth-order valence-corrected chi connectivity index (χ4v) is 4.46. The van der Waals surface area contributed by atoms with Gasteiger partial charge in [0.05, 0.1) is 22.8 Å². The van der Waals surface area contributed by atoms with Gasteiger partial charge in [0.25, 0.3) is 11.5 Å². The van der Waals surface area contributed by atoms with Gasteiger partial charge in [0.1, 0.15) is 0 Å². The predicted molar refractivity (Wildman–Crippen MR) is 128 cm³/mol. The second-order valence-electron chi connectivity index (χ2n) is 7.37. The Bertz CT molecular complexity index is 1370. The molecule has 0 radical (unpaired) electrons. The number of halogens is 1. The fourth-order valence-electron chi connectivity index (χ4n) is 3.31. The van der Waals surface area contributed by atoms with Crippen LogP contribution in [0.25, 0.3) is 10.8 Å². The highest BCUT2D eigenvalue weighted by atomic mass is 35.5. The Hall–Kier alpha value is -3.49. The van der Waals surface area contributed by atoms with E-state index in [-0.39, 0.29) is 23.7 Å². The van der Waals surface area contributed by atoms with Crippen molar-refractivity contribution in [3.63, 3.8) is 0 Å². The van der Waals surface area contributed by atoms with Crippen molar-refractivity contribution >= 4 is 45.6 Å². The third kappa shape index (κ3) is 5.30. The zero-order chi connectivity index (χ0) is 23.4. The van der Waals surface area contributed by atoms with E-state index in [9.17, 15) is 14.4 Å². The molecular formula is C24H20ClN3O4S. The number of hydrogen-bond acceptors (Lipinski definition) is 6. The van der Waals surface area contributed by atoms with Crippen LogP contribution in [-0.4, -0.2) is 40.2 Å². The summed E-state index contributed by atoms with van der Waals surface area (Å²) >= 11 is 7.31. The SMILES string of the molecule is CN(Cc1ccc(Cl)s1)C(=O)COC(=O)c1nn(Cc2ccccc2)c(=O)c2ccccc12. The Labute approximate surface area is 198 Å². The van der Waals surface area contributed by atoms with Crippen molar-refractivity contribution < 1.29 is 14.3 Å². The van der Waals surface area contributed by atoms with E-state index < -0.39 is 12.6 Å². The Balaban J connectivity index is 1.54. The molecule has 0 N–H and O–H groups in total. The molecule has 0 aliphatic heterocycles. The molecule has 4 aromatic rings. The van der Waals surface area contributed by atoms with Crippen molar-refractivity contribution in [1.29, 1.82) is 0 Å². The van der Waals surface area contributed by atoms with E-state index in [1.807, 2.05) is 36.4 Å². The van der Waals surface area contributed by atoms with Crippen LogP contribution >= 0.6 is 22.9 Å². The monoisotopic (exact) mass is 481 g/mol. The van der Waals surface area contributed by atoms with Crippen LogP contribution in [0.15, 0.2) is 71.5 Å². The van der Waals surface area contributed by atoms with Gasteiger partial charge in [-0.3, -0.25) is 9.59 Å². The zero-order valence-corrected chi connectivity index (χ0v) is 19.3. The topological polar surface area (TPSA) is 81.5 Å². The number of aromatic nitrogens is 2. The minimum absolute atomic E-state index is 0.0124. The Morgan fingerprint density at radius 1 is 1.03 bits per heavy atom. The first kappa shape index (κ1) is 22.7. The molecule has 2 aromatic heterocycles. The first-order valence-corrected chi connectivity index (χ1v) is 11.3. The fraction of sp³-hybridized carbons (Fsp3) is 0.167. The van der Waals surface area contributed by atoms with Gasteiger partial charge in [0.2, 0.25) is 0 Å². The van der Waals surface area contributed by atoms with Crippen molar-refractivity contribution in [2.24, 2.45) is 0 Å². The van der Waals surface area contributed by atoms with E-state index in [2.05, 4.69) is 5.10 Å². The van der Waals surface area contributed by atoms with Crippen LogP contribution in [0, 0.1) is 0 Å². The summed E-state index contributed by atoms with van der Waals surface area (Å²) in [4.78, 5) is 40.6. The van der Waals surface area contributed by atoms with Crippen molar-refractivity contribution in [2.45, 2.75) is 13.1 Å². The van der Waals surface area contributed by atoms with Crippen LogP contribution in [0.2, 0.25) is 4.34 Å². The van der Waals surface area contributed by atoms with Crippen molar-refractivity contribution in [1.82, 2.24) is 14.7 Å². The molecular weight excluding hydrogens is 462 g/mol. The van der Waals surface area contributed by atoms with Crippen LogP contribution in [0.1, 0.15) is 20.9 Å². The van der Waals surface area contributed by atoms with E-state index in [4.69, 9.17) is 16.3 Å². The number of esters is 1. The maximum atomic E-state index is 12.9. The summed E-state index contributed by atoms with van der Waals surface area (Å²) in [5.74, 6) is -1.14. The minimum atomic E-state index is -0.770. The summed E-state index contributed by atoms with van der Waals surface area (Å²) < 4.78 is 7.15. The molecule has 4 rings (SSSR count). The summed E-state index contributed by atoms with van der Waals surface area (Å²) in [6.45, 7) is 0.120. The Morgan fingerprint density at radius 2 is 1.73 bits per heavy atom. The van der Waals surface area contributed by atoms with E-state index in [0.717, 1.165) is 10.4 Å². The lowest BCUT2D eigenvalue weighted by Gasteiger charge is -2.16. The molecule has 9 heteroatoms. The molecule has 0 fully saturated rings. The molecule has 0 aliphatic rings. The third-order valence-corrected chi connectivity index (χ3v) is 6.23. The van der Waals surface area contributed by atoms with Gasteiger partial charge >= 0.3 is 5.97 Å². The lowest BCUT2D eigenvalue weighted by molar-refractivity contribution is -0.133. The van der Waals surface area contributed by atoms with Gasteiger partial charge in [-0.2, -0.15) is 5.10 Å². The van der Waals surface area contributed by atoms with E-state index in [1.165, 1.54) is 20.9 Å². The largest absolute Gasteiger partial charge is 0.451 e. The second kappa shape index (κ2) is 9.97. The molecule has 0 spiro atoms. The molecule has 2 aromatic carbocycles. The second-order valence-corrected chi connectivity index (χ2v) is 9.17. The molecule has 2 heterocycles. The lowest BCUT2D eigenvalue weighted by Crippen LogP contribution is -2.31. The highest BCUT2D eigenvalue weighted by Crippen LogP contribution is 2.22. The predicted octanol–water partition coefficient (Wildman–Crippen LogP) is 3.98. The number of ether oxygens (including phenoxy) is 1. The number of nitrogens with zero attached hydrogens (tertiary/aromatic N) is 3. The van der Waals surface area contributed by atoms with Gasteiger partial charge in [-0.25, -0.2) is 9.48 Å². The van der Waals surface area contributed by atoms with Gasteiger partial charge in [-0.1, -0.05) is 60.1 Å². The number of carbonyl (C=O) groups is 2. The average molecular weight is 482 g/mol. The maximum absolute atomic E-state index is 12.9. The zero-order valence-electron chi connectivity index (χ0n) is 17.7. The molecule has 1 amide bonds. The number of carbonyl (C=O) groups excluding carboxylic acids is 2. The minimum Gasteiger partial charge on any atom is -0.451 e. The number of likely N-dealkylation sites (N-methyl/N-ethyl adjacent to an activating group) is 1. The highest BCUT2D eigenvalue weighted by molar-refractivity contribution is 7.16. The van der Waals surface area contributed by atoms with Crippen LogP contribution in [-0.2, 0) is 22.6 Å². The molecule has 7 nitrogen and oxygen atoms in total. The Morgan fingerprint density at radius 3 is 2.42 bits per heavy atom. The number of amides is 1. The molecule has 0 atom stereocenters. The molecule has 0 unspecified atom stereocenters. The number of benzene rings is 2. The van der Waals surface area contributed by atoms with Gasteiger partial charge in [-0.15, -0.1) is 11.3 Å². The van der Waals surface area contributed by atoms with Crippen molar-refractivity contribution in [3.05, 3.63) is 97.6 Å². The molecule has 33 heavy (non-hydrogen) atoms. The molecule has 0 aliphatic carbocycles. The van der Waals surface area contributed by atoms with Gasteiger partial charge in [-0.05, 0) is 23.8 Å². The van der Waals surface area contributed by atoms with Crippen molar-refractivity contribution in [2.75, 3.05) is 13.7 Å². The Kier molecular flexibility index (Phi) is 6.86. The number of thiophene rings is 1. The van der Waals surface area contributed by atoms with Crippen molar-refractivity contribution in [3.8, 4) is 0 Å². The summed E-state index contributed by atoms with van der Waals surface area (Å²) in [6, 6.07) is 19.7. The normalized spacial score (nSPS) is 10.8. The van der Waals surface area contributed by atoms with E-state index in [0.29, 0.717) is 21.7 Å². The highest BCUT2D eigenvalue weighted by Gasteiger charge is 2.20. The average Bonchev–Trinajstić information content (AvgIpc) is 3.24. The van der Waals surface area contributed by atoms with Gasteiger partial charge in [0.15, 0.2) is 12.3 Å². The van der Waals surface area contributed by atoms with Crippen LogP contribution in [0.3, 0.4) is 0 Å². The summed E-state index contributed by atoms with van der Waals surface area (Å²) in [5.41, 5.74) is 0.547. The lowest BCUT2D eigenvalue weighted by atomic mass is 10.1. The summed E-state index contributed by atoms with van der Waals surface area (Å²) in [7, 11) is 1.62. The molecule has 0 saturated carbocycles. The first-order chi connectivity index (χ1) is 15.9. The van der Waals surface area contributed by atoms with Crippen LogP contribution in [0.5, 0.6) is 0 Å². The maximum Gasteiger partial charge on any atom is 0.359 e. The smallest absolute Gasteiger partial charge is 0.359 e. The number of hydrogen-bond donors (Lipinski definition) is 0. The quantitative estimate of drug-likeness (QED) is 0.373. The van der Waals surface area contributed by atoms with Gasteiger partial charge in [0, 0.05) is 17.3 Å². The molecule has 168 valence electrons. The first-order valence-electron chi connectivity index (χ1n) is 10.1. The standard InChI is InChI=1S/C24H20ClN3O4S/c1-27(14-17-11-12-20(25)33-17)21(29)15-32-24(31)22-18-9-5-6-10-19(18)23(30)28(26-22)13-16-7-3-2-4-8-16/h2-12H,13-15H2,1H3. The number of fused-ring (bicyclic) bond motifs is 1. The van der Waals surface area contributed by atoms with E-state index >= 15 is 0 Å². The van der Waals surface area contributed by atoms with Gasteiger partial charge < -0.3 is 9.64 Å². The summed E-state index contributed by atoms with van der Waals surface area (Å²) in [6.07, 6.45) is 0. The molecule has 0 saturated heterocycles. The third-order valence-electron chi connectivity index (χ3n) is 5.01. The van der Waals surface area contributed by atoms with E-state index in [1.54, 1.807) is 37.4 Å².